The number of aliphatic hydroxyl groups is 1. The van der Waals surface area contributed by atoms with Crippen molar-refractivity contribution >= 4 is 0 Å². The molecule has 3 unspecified atom stereocenters. The number of morpholine rings is 1. The van der Waals surface area contributed by atoms with Crippen molar-refractivity contribution in [3.63, 3.8) is 0 Å². The van der Waals surface area contributed by atoms with E-state index in [1.54, 1.807) is 0 Å². The first-order valence-corrected chi connectivity index (χ1v) is 7.10. The van der Waals surface area contributed by atoms with Crippen molar-refractivity contribution in [3.05, 3.63) is 0 Å². The van der Waals surface area contributed by atoms with Gasteiger partial charge in [0.2, 0.25) is 0 Å². The maximum atomic E-state index is 9.63. The highest BCUT2D eigenvalue weighted by atomic mass is 16.5. The van der Waals surface area contributed by atoms with E-state index in [0.717, 1.165) is 26.1 Å². The van der Waals surface area contributed by atoms with E-state index >= 15 is 0 Å². The fourth-order valence-corrected chi connectivity index (χ4v) is 2.89. The van der Waals surface area contributed by atoms with Gasteiger partial charge < -0.3 is 15.2 Å². The quantitative estimate of drug-likeness (QED) is 0.752. The van der Waals surface area contributed by atoms with Gasteiger partial charge >= 0.3 is 0 Å². The van der Waals surface area contributed by atoms with Crippen molar-refractivity contribution in [2.45, 2.75) is 64.8 Å². The van der Waals surface area contributed by atoms with Crippen LogP contribution in [0.5, 0.6) is 0 Å². The van der Waals surface area contributed by atoms with Crippen molar-refractivity contribution in [3.8, 4) is 0 Å². The van der Waals surface area contributed by atoms with E-state index in [1.807, 2.05) is 0 Å². The summed E-state index contributed by atoms with van der Waals surface area (Å²) < 4.78 is 5.57. The second-order valence-electron chi connectivity index (χ2n) is 6.25. The Hall–Kier alpha value is -0.160. The number of rotatable bonds is 6. The summed E-state index contributed by atoms with van der Waals surface area (Å²) in [6.45, 7) is 13.7. The van der Waals surface area contributed by atoms with Crippen LogP contribution in [0.1, 0.15) is 41.0 Å². The summed E-state index contributed by atoms with van der Waals surface area (Å²) in [4.78, 5) is 2.46. The minimum absolute atomic E-state index is 0.176. The Labute approximate surface area is 112 Å². The van der Waals surface area contributed by atoms with Crippen molar-refractivity contribution in [2.75, 3.05) is 26.3 Å². The Morgan fingerprint density at radius 1 is 1.44 bits per heavy atom. The van der Waals surface area contributed by atoms with Crippen LogP contribution in [0.2, 0.25) is 0 Å². The summed E-state index contributed by atoms with van der Waals surface area (Å²) in [5.41, 5.74) is -0.199. The van der Waals surface area contributed by atoms with Gasteiger partial charge in [-0.05, 0) is 27.2 Å². The molecule has 4 heteroatoms. The average molecular weight is 258 g/mol. The van der Waals surface area contributed by atoms with E-state index in [0.29, 0.717) is 18.2 Å². The van der Waals surface area contributed by atoms with Gasteiger partial charge in [0.1, 0.15) is 0 Å². The molecule has 0 radical (unpaired) electrons. The molecule has 0 bridgehead atoms. The molecule has 108 valence electrons. The first kappa shape index (κ1) is 15.9. The molecule has 1 aliphatic rings. The van der Waals surface area contributed by atoms with Gasteiger partial charge in [-0.25, -0.2) is 0 Å². The lowest BCUT2D eigenvalue weighted by Crippen LogP contribution is -2.54. The van der Waals surface area contributed by atoms with Gasteiger partial charge in [-0.15, -0.1) is 0 Å². The molecule has 1 heterocycles. The lowest BCUT2D eigenvalue weighted by molar-refractivity contribution is -0.0377. The third-order valence-electron chi connectivity index (χ3n) is 3.63. The first-order valence-electron chi connectivity index (χ1n) is 7.10. The molecule has 3 atom stereocenters. The minimum atomic E-state index is -0.199. The van der Waals surface area contributed by atoms with Crippen LogP contribution in [0, 0.1) is 0 Å². The van der Waals surface area contributed by atoms with E-state index in [4.69, 9.17) is 4.74 Å². The number of ether oxygens (including phenoxy) is 1. The molecule has 1 fully saturated rings. The summed E-state index contributed by atoms with van der Waals surface area (Å²) in [7, 11) is 0. The Bertz CT molecular complexity index is 248. The summed E-state index contributed by atoms with van der Waals surface area (Å²) in [6.07, 6.45) is 1.27. The number of hydrogen-bond acceptors (Lipinski definition) is 4. The molecule has 0 aliphatic carbocycles. The van der Waals surface area contributed by atoms with E-state index in [9.17, 15) is 5.11 Å². The van der Waals surface area contributed by atoms with Gasteiger partial charge in [0.25, 0.3) is 0 Å². The Kier molecular flexibility index (Phi) is 6.05. The smallest absolute Gasteiger partial charge is 0.0674 e. The van der Waals surface area contributed by atoms with Gasteiger partial charge in [-0.3, -0.25) is 4.90 Å². The van der Waals surface area contributed by atoms with E-state index in [2.05, 4.69) is 44.8 Å². The third-order valence-corrected chi connectivity index (χ3v) is 3.63. The van der Waals surface area contributed by atoms with Crippen molar-refractivity contribution in [2.24, 2.45) is 0 Å². The molecule has 1 rings (SSSR count). The normalized spacial score (nSPS) is 27.2. The highest BCUT2D eigenvalue weighted by Gasteiger charge is 2.30. The summed E-state index contributed by atoms with van der Waals surface area (Å²) in [5, 5.41) is 13.1. The van der Waals surface area contributed by atoms with Crippen LogP contribution in [0.15, 0.2) is 0 Å². The van der Waals surface area contributed by atoms with Crippen molar-refractivity contribution in [1.29, 1.82) is 0 Å². The zero-order valence-electron chi connectivity index (χ0n) is 12.6. The second kappa shape index (κ2) is 6.85. The molecule has 2 N–H and O–H groups in total. The van der Waals surface area contributed by atoms with Crippen LogP contribution in [0.3, 0.4) is 0 Å². The summed E-state index contributed by atoms with van der Waals surface area (Å²) in [6, 6.07) is 0.845. The SMILES string of the molecule is CC(C)NC(C)(CO)CC(C)N1CCOC(C)C1. The van der Waals surface area contributed by atoms with E-state index < -0.39 is 0 Å². The van der Waals surface area contributed by atoms with E-state index in [1.165, 1.54) is 0 Å². The van der Waals surface area contributed by atoms with Gasteiger partial charge in [0.05, 0.1) is 19.3 Å². The maximum absolute atomic E-state index is 9.63. The third kappa shape index (κ3) is 4.84. The van der Waals surface area contributed by atoms with Crippen LogP contribution in [0.4, 0.5) is 0 Å². The summed E-state index contributed by atoms with van der Waals surface area (Å²) in [5.74, 6) is 0. The second-order valence-corrected chi connectivity index (χ2v) is 6.25. The zero-order valence-corrected chi connectivity index (χ0v) is 12.6. The fourth-order valence-electron chi connectivity index (χ4n) is 2.89. The number of nitrogens with one attached hydrogen (secondary N) is 1. The maximum Gasteiger partial charge on any atom is 0.0674 e. The molecule has 0 spiro atoms. The zero-order chi connectivity index (χ0) is 13.8. The van der Waals surface area contributed by atoms with Gasteiger partial charge in [0.15, 0.2) is 0 Å². The predicted octanol–water partition coefficient (Wildman–Crippen LogP) is 1.23. The van der Waals surface area contributed by atoms with Crippen molar-refractivity contribution in [1.82, 2.24) is 10.2 Å². The molecule has 1 saturated heterocycles. The fraction of sp³-hybridized carbons (Fsp3) is 1.00. The van der Waals surface area contributed by atoms with Gasteiger partial charge in [-0.1, -0.05) is 13.8 Å². The van der Waals surface area contributed by atoms with Gasteiger partial charge in [0, 0.05) is 30.7 Å². The van der Waals surface area contributed by atoms with E-state index in [-0.39, 0.29) is 12.1 Å². The predicted molar refractivity (Wildman–Crippen MR) is 74.8 cm³/mol. The molecule has 0 saturated carbocycles. The van der Waals surface area contributed by atoms with Crippen molar-refractivity contribution < 1.29 is 9.84 Å². The van der Waals surface area contributed by atoms with Crippen LogP contribution < -0.4 is 5.32 Å². The highest BCUT2D eigenvalue weighted by Crippen LogP contribution is 2.19. The molecule has 0 amide bonds. The van der Waals surface area contributed by atoms with Crippen LogP contribution in [0.25, 0.3) is 0 Å². The number of nitrogens with zero attached hydrogens (tertiary/aromatic N) is 1. The molecule has 1 aliphatic heterocycles. The lowest BCUT2D eigenvalue weighted by Gasteiger charge is -2.40. The van der Waals surface area contributed by atoms with Gasteiger partial charge in [-0.2, -0.15) is 0 Å². The lowest BCUT2D eigenvalue weighted by atomic mass is 9.92. The first-order chi connectivity index (χ1) is 8.36. The number of aliphatic hydroxyl groups excluding tert-OH is 1. The monoisotopic (exact) mass is 258 g/mol. The molecule has 0 aromatic rings. The number of hydrogen-bond donors (Lipinski definition) is 2. The Balaban J connectivity index is 2.52. The molecular weight excluding hydrogens is 228 g/mol. The Morgan fingerprint density at radius 3 is 2.61 bits per heavy atom. The standard InChI is InChI=1S/C14H30N2O2/c1-11(2)15-14(5,10-17)8-12(3)16-6-7-18-13(4)9-16/h11-13,15,17H,6-10H2,1-5H3. The van der Waals surface area contributed by atoms with Crippen LogP contribution in [-0.4, -0.2) is 60.0 Å². The van der Waals surface area contributed by atoms with Crippen LogP contribution >= 0.6 is 0 Å². The molecule has 18 heavy (non-hydrogen) atoms. The molecule has 4 nitrogen and oxygen atoms in total. The molecule has 0 aromatic heterocycles. The average Bonchev–Trinajstić information content (AvgIpc) is 2.27. The highest BCUT2D eigenvalue weighted by molar-refractivity contribution is 4.89. The molecular formula is C14H30N2O2. The Morgan fingerprint density at radius 2 is 2.11 bits per heavy atom. The van der Waals surface area contributed by atoms with Crippen LogP contribution in [-0.2, 0) is 4.74 Å². The topological polar surface area (TPSA) is 44.7 Å². The molecule has 0 aromatic carbocycles. The minimum Gasteiger partial charge on any atom is -0.394 e. The summed E-state index contributed by atoms with van der Waals surface area (Å²) >= 11 is 0. The largest absolute Gasteiger partial charge is 0.394 e.